The number of fused-ring (bicyclic) bond motifs is 1. The summed E-state index contributed by atoms with van der Waals surface area (Å²) in [6.07, 6.45) is 0.269. The van der Waals surface area contributed by atoms with Crippen LogP contribution in [0.15, 0.2) is 46.7 Å². The van der Waals surface area contributed by atoms with Crippen LogP contribution in [-0.4, -0.2) is 48.1 Å². The molecular weight excluding hydrogens is 366 g/mol. The summed E-state index contributed by atoms with van der Waals surface area (Å²) < 4.78 is 0. The molecule has 1 aromatic carbocycles. The van der Waals surface area contributed by atoms with Crippen LogP contribution < -0.4 is 10.2 Å². The number of thiophene rings is 1. The second-order valence-electron chi connectivity index (χ2n) is 6.68. The first-order valence-electron chi connectivity index (χ1n) is 8.89. The molecule has 0 bridgehead atoms. The number of amides is 2. The Morgan fingerprint density at radius 3 is 2.77 bits per heavy atom. The van der Waals surface area contributed by atoms with Crippen molar-refractivity contribution in [3.8, 4) is 0 Å². The number of nitrogens with zero attached hydrogens (tertiary/aromatic N) is 1. The van der Waals surface area contributed by atoms with Crippen LogP contribution in [0.2, 0.25) is 0 Å². The average molecular weight is 389 g/mol. The van der Waals surface area contributed by atoms with Crippen molar-refractivity contribution in [3.63, 3.8) is 0 Å². The van der Waals surface area contributed by atoms with Crippen molar-refractivity contribution in [1.82, 2.24) is 4.90 Å². The lowest BCUT2D eigenvalue weighted by Crippen LogP contribution is -3.13. The Balaban J connectivity index is 1.30. The van der Waals surface area contributed by atoms with Crippen molar-refractivity contribution in [2.75, 3.05) is 31.5 Å². The molecule has 2 aliphatic rings. The van der Waals surface area contributed by atoms with Crippen LogP contribution in [0.25, 0.3) is 0 Å². The van der Waals surface area contributed by atoms with Gasteiger partial charge in [-0.05, 0) is 23.6 Å². The molecule has 2 aromatic rings. The molecule has 3 heterocycles. The van der Waals surface area contributed by atoms with E-state index in [4.69, 9.17) is 0 Å². The van der Waals surface area contributed by atoms with Crippen LogP contribution >= 0.6 is 23.1 Å². The van der Waals surface area contributed by atoms with Gasteiger partial charge in [-0.2, -0.15) is 0 Å². The number of rotatable bonds is 4. The number of piperazine rings is 1. The molecule has 7 heteroatoms. The third-order valence-corrected chi connectivity index (χ3v) is 7.05. The van der Waals surface area contributed by atoms with Gasteiger partial charge < -0.3 is 15.1 Å². The van der Waals surface area contributed by atoms with E-state index in [2.05, 4.69) is 22.8 Å². The van der Waals surface area contributed by atoms with Gasteiger partial charge in [0.2, 0.25) is 11.8 Å². The maximum atomic E-state index is 12.7. The van der Waals surface area contributed by atoms with Crippen molar-refractivity contribution in [3.05, 3.63) is 46.7 Å². The molecule has 0 radical (unpaired) electrons. The number of anilines is 1. The zero-order chi connectivity index (χ0) is 17.9. The first kappa shape index (κ1) is 17.6. The lowest BCUT2D eigenvalue weighted by Gasteiger charge is -2.33. The minimum atomic E-state index is -0.339. The Morgan fingerprint density at radius 1 is 1.19 bits per heavy atom. The van der Waals surface area contributed by atoms with E-state index in [-0.39, 0.29) is 23.5 Å². The highest BCUT2D eigenvalue weighted by molar-refractivity contribution is 8.01. The van der Waals surface area contributed by atoms with Gasteiger partial charge in [0.25, 0.3) is 0 Å². The quantitative estimate of drug-likeness (QED) is 0.834. The molecule has 2 aliphatic heterocycles. The van der Waals surface area contributed by atoms with Gasteiger partial charge in [-0.3, -0.25) is 9.59 Å². The molecule has 136 valence electrons. The fraction of sp³-hybridized carbons (Fsp3) is 0.368. The van der Waals surface area contributed by atoms with Crippen LogP contribution in [-0.2, 0) is 16.1 Å². The number of hydrogen-bond donors (Lipinski definition) is 2. The van der Waals surface area contributed by atoms with E-state index in [9.17, 15) is 9.59 Å². The van der Waals surface area contributed by atoms with Crippen LogP contribution in [0, 0.1) is 0 Å². The molecule has 5 nitrogen and oxygen atoms in total. The monoisotopic (exact) mass is 388 g/mol. The molecule has 1 fully saturated rings. The number of carbonyl (C=O) groups excluding carboxylic acids is 2. The number of thioether (sulfide) groups is 1. The van der Waals surface area contributed by atoms with E-state index in [1.807, 2.05) is 29.2 Å². The second-order valence-corrected chi connectivity index (χ2v) is 8.96. The largest absolute Gasteiger partial charge is 0.331 e. The van der Waals surface area contributed by atoms with Crippen molar-refractivity contribution in [1.29, 1.82) is 0 Å². The SMILES string of the molecule is O=C1Nc2ccccc2S[C@H]1CC(=O)N1CC[NH+](Cc2cccs2)CC1. The first-order valence-corrected chi connectivity index (χ1v) is 10.7. The Morgan fingerprint density at radius 2 is 2.00 bits per heavy atom. The van der Waals surface area contributed by atoms with Crippen LogP contribution in [0.5, 0.6) is 0 Å². The fourth-order valence-electron chi connectivity index (χ4n) is 3.42. The van der Waals surface area contributed by atoms with Gasteiger partial charge in [-0.15, -0.1) is 23.1 Å². The topological polar surface area (TPSA) is 53.9 Å². The molecule has 0 aliphatic carbocycles. The molecule has 1 aromatic heterocycles. The van der Waals surface area contributed by atoms with E-state index in [1.165, 1.54) is 21.5 Å². The molecule has 1 saturated heterocycles. The van der Waals surface area contributed by atoms with Crippen LogP contribution in [0.4, 0.5) is 5.69 Å². The summed E-state index contributed by atoms with van der Waals surface area (Å²) in [4.78, 5) is 30.9. The van der Waals surface area contributed by atoms with Gasteiger partial charge in [0.15, 0.2) is 0 Å². The zero-order valence-electron chi connectivity index (χ0n) is 14.4. The van der Waals surface area contributed by atoms with E-state index >= 15 is 0 Å². The third-order valence-electron chi connectivity index (χ3n) is 4.89. The molecule has 4 rings (SSSR count). The smallest absolute Gasteiger partial charge is 0.238 e. The van der Waals surface area contributed by atoms with E-state index < -0.39 is 0 Å². The highest BCUT2D eigenvalue weighted by atomic mass is 32.2. The highest BCUT2D eigenvalue weighted by Crippen LogP contribution is 2.36. The summed E-state index contributed by atoms with van der Waals surface area (Å²) in [5.74, 6) is 0.0243. The van der Waals surface area contributed by atoms with Crippen molar-refractivity contribution < 1.29 is 14.5 Å². The number of benzene rings is 1. The maximum Gasteiger partial charge on any atom is 0.238 e. The van der Waals surface area contributed by atoms with Gasteiger partial charge in [-0.25, -0.2) is 0 Å². The standard InChI is InChI=1S/C19H21N3O2S2/c23-18(12-17-19(24)20-15-5-1-2-6-16(15)26-17)22-9-7-21(8-10-22)13-14-4-3-11-25-14/h1-6,11,17H,7-10,12-13H2,(H,20,24)/p+1/t17-/m0/s1. The molecule has 0 spiro atoms. The number of para-hydroxylation sites is 1. The molecule has 1 atom stereocenters. The molecule has 26 heavy (non-hydrogen) atoms. The van der Waals surface area contributed by atoms with Crippen LogP contribution in [0.1, 0.15) is 11.3 Å². The van der Waals surface area contributed by atoms with Gasteiger partial charge in [0.1, 0.15) is 6.54 Å². The molecule has 0 saturated carbocycles. The minimum Gasteiger partial charge on any atom is -0.331 e. The summed E-state index contributed by atoms with van der Waals surface area (Å²) >= 11 is 3.29. The van der Waals surface area contributed by atoms with Gasteiger partial charge in [0, 0.05) is 11.3 Å². The lowest BCUT2D eigenvalue weighted by atomic mass is 10.2. The Labute approximate surface area is 161 Å². The number of carbonyl (C=O) groups is 2. The fourth-order valence-corrected chi connectivity index (χ4v) is 5.30. The maximum absolute atomic E-state index is 12.7. The molecule has 2 N–H and O–H groups in total. The molecule has 0 unspecified atom stereocenters. The minimum absolute atomic E-state index is 0.0657. The first-order chi connectivity index (χ1) is 12.7. The normalized spacial score (nSPS) is 20.5. The highest BCUT2D eigenvalue weighted by Gasteiger charge is 2.32. The Hall–Kier alpha value is -1.83. The number of quaternary nitrogens is 1. The summed E-state index contributed by atoms with van der Waals surface area (Å²) in [7, 11) is 0. The summed E-state index contributed by atoms with van der Waals surface area (Å²) in [6, 6.07) is 12.0. The summed E-state index contributed by atoms with van der Waals surface area (Å²) in [5.41, 5.74) is 0.844. The van der Waals surface area contributed by atoms with Gasteiger partial charge in [0.05, 0.1) is 42.0 Å². The van der Waals surface area contributed by atoms with Crippen LogP contribution in [0.3, 0.4) is 0 Å². The molecular formula is C19H22N3O2S2+. The lowest BCUT2D eigenvalue weighted by molar-refractivity contribution is -0.917. The predicted octanol–water partition coefficient (Wildman–Crippen LogP) is 1.48. The van der Waals surface area contributed by atoms with E-state index in [1.54, 1.807) is 11.3 Å². The Bertz CT molecular complexity index is 786. The number of hydrogen-bond acceptors (Lipinski definition) is 4. The van der Waals surface area contributed by atoms with Crippen molar-refractivity contribution in [2.45, 2.75) is 23.1 Å². The Kier molecular flexibility index (Phi) is 5.28. The second kappa shape index (κ2) is 7.82. The van der Waals surface area contributed by atoms with Gasteiger partial charge in [-0.1, -0.05) is 18.2 Å². The third kappa shape index (κ3) is 3.95. The number of nitrogens with one attached hydrogen (secondary N) is 2. The predicted molar refractivity (Wildman–Crippen MR) is 105 cm³/mol. The summed E-state index contributed by atoms with van der Waals surface area (Å²) in [6.45, 7) is 4.52. The van der Waals surface area contributed by atoms with E-state index in [0.29, 0.717) is 0 Å². The van der Waals surface area contributed by atoms with Crippen molar-refractivity contribution >= 4 is 40.6 Å². The van der Waals surface area contributed by atoms with Gasteiger partial charge >= 0.3 is 0 Å². The average Bonchev–Trinajstić information content (AvgIpc) is 3.16. The zero-order valence-corrected chi connectivity index (χ0v) is 16.1. The van der Waals surface area contributed by atoms with Crippen molar-refractivity contribution in [2.24, 2.45) is 0 Å². The molecule has 2 amide bonds. The summed E-state index contributed by atoms with van der Waals surface area (Å²) in [5, 5.41) is 4.69. The van der Waals surface area contributed by atoms with E-state index in [0.717, 1.165) is 43.3 Å².